The molecule has 0 unspecified atom stereocenters. The Morgan fingerprint density at radius 2 is 2.00 bits per heavy atom. The summed E-state index contributed by atoms with van der Waals surface area (Å²) in [5.74, 6) is -0.430. The lowest BCUT2D eigenvalue weighted by Crippen LogP contribution is -2.39. The van der Waals surface area contributed by atoms with Gasteiger partial charge in [-0.2, -0.15) is 4.39 Å². The first kappa shape index (κ1) is 17.2. The number of halogens is 2. The van der Waals surface area contributed by atoms with Gasteiger partial charge in [-0.25, -0.2) is 0 Å². The van der Waals surface area contributed by atoms with Crippen molar-refractivity contribution in [3.8, 4) is 0 Å². The van der Waals surface area contributed by atoms with Crippen molar-refractivity contribution in [2.24, 2.45) is 5.92 Å². The monoisotopic (exact) mass is 372 g/mol. The van der Waals surface area contributed by atoms with E-state index < -0.39 is 16.4 Å². The predicted octanol–water partition coefficient (Wildman–Crippen LogP) is 5.29. The van der Waals surface area contributed by atoms with Crippen LogP contribution in [0.25, 0.3) is 0 Å². The first-order chi connectivity index (χ1) is 10.4. The third-order valence-electron chi connectivity index (χ3n) is 4.12. The summed E-state index contributed by atoms with van der Waals surface area (Å²) in [7, 11) is 0. The van der Waals surface area contributed by atoms with Crippen molar-refractivity contribution in [2.45, 2.75) is 52.0 Å². The van der Waals surface area contributed by atoms with Crippen LogP contribution in [-0.4, -0.2) is 17.5 Å². The lowest BCUT2D eigenvalue weighted by atomic mass is 9.93. The molecule has 0 atom stereocenters. The fourth-order valence-corrected chi connectivity index (χ4v) is 3.49. The molecule has 1 aromatic rings. The minimum atomic E-state index is -0.785. The lowest BCUT2D eigenvalue weighted by molar-refractivity contribution is -0.386. The van der Waals surface area contributed by atoms with Gasteiger partial charge in [0.15, 0.2) is 0 Å². The summed E-state index contributed by atoms with van der Waals surface area (Å²) in [6.45, 7) is 4.86. The van der Waals surface area contributed by atoms with Gasteiger partial charge in [-0.05, 0) is 46.8 Å². The topological polar surface area (TPSA) is 46.4 Å². The molecule has 122 valence electrons. The second-order valence-electron chi connectivity index (χ2n) is 6.32. The van der Waals surface area contributed by atoms with E-state index in [0.717, 1.165) is 25.7 Å². The van der Waals surface area contributed by atoms with Gasteiger partial charge in [-0.15, -0.1) is 0 Å². The van der Waals surface area contributed by atoms with Gasteiger partial charge in [0.05, 0.1) is 9.40 Å². The molecule has 0 heterocycles. The highest BCUT2D eigenvalue weighted by Crippen LogP contribution is 2.38. The number of nitro benzene ring substituents is 1. The van der Waals surface area contributed by atoms with Crippen LogP contribution in [0.2, 0.25) is 0 Å². The summed E-state index contributed by atoms with van der Waals surface area (Å²) >= 11 is 3.05. The third kappa shape index (κ3) is 3.77. The molecule has 0 spiro atoms. The van der Waals surface area contributed by atoms with E-state index in [9.17, 15) is 14.5 Å². The molecule has 0 aliphatic heterocycles. The molecule has 0 amide bonds. The van der Waals surface area contributed by atoms with E-state index in [1.807, 2.05) is 0 Å². The second-order valence-corrected chi connectivity index (χ2v) is 7.18. The first-order valence-corrected chi connectivity index (χ1v) is 8.60. The molecule has 1 aromatic carbocycles. The van der Waals surface area contributed by atoms with Gasteiger partial charge < -0.3 is 4.90 Å². The minimum Gasteiger partial charge on any atom is -0.363 e. The predicted molar refractivity (Wildman–Crippen MR) is 89.8 cm³/mol. The summed E-state index contributed by atoms with van der Waals surface area (Å²) in [5, 5.41) is 11.4. The standard InChI is InChI=1S/C16H22BrFN2O2/c1-11(2)10-19(12-6-4-3-5-7-12)14-9-8-13(17)15(18)16(14)20(21)22/h8-9,11-12H,3-7,10H2,1-2H3. The van der Waals surface area contributed by atoms with Crippen LogP contribution < -0.4 is 4.90 Å². The molecule has 1 aliphatic rings. The Kier molecular flexibility index (Phi) is 5.78. The Morgan fingerprint density at radius 1 is 1.36 bits per heavy atom. The van der Waals surface area contributed by atoms with Gasteiger partial charge in [-0.1, -0.05) is 33.1 Å². The molecule has 22 heavy (non-hydrogen) atoms. The quantitative estimate of drug-likeness (QED) is 0.520. The fraction of sp³-hybridized carbons (Fsp3) is 0.625. The SMILES string of the molecule is CC(C)CN(c1ccc(Br)c(F)c1[N+](=O)[O-])C1CCCCC1. The van der Waals surface area contributed by atoms with Crippen molar-refractivity contribution in [1.82, 2.24) is 0 Å². The molecule has 0 radical (unpaired) electrons. The number of nitrogens with zero attached hydrogens (tertiary/aromatic N) is 2. The summed E-state index contributed by atoms with van der Waals surface area (Å²) < 4.78 is 14.4. The van der Waals surface area contributed by atoms with Gasteiger partial charge in [-0.3, -0.25) is 10.1 Å². The average Bonchev–Trinajstić information content (AvgIpc) is 2.48. The van der Waals surface area contributed by atoms with Crippen molar-refractivity contribution >= 4 is 27.3 Å². The molecule has 0 saturated heterocycles. The molecule has 0 bridgehead atoms. The normalized spacial score (nSPS) is 16.0. The van der Waals surface area contributed by atoms with Crippen LogP contribution >= 0.6 is 15.9 Å². The van der Waals surface area contributed by atoms with Crippen LogP contribution in [0.1, 0.15) is 46.0 Å². The van der Waals surface area contributed by atoms with Gasteiger partial charge >= 0.3 is 5.69 Å². The zero-order chi connectivity index (χ0) is 16.3. The van der Waals surface area contributed by atoms with Gasteiger partial charge in [0, 0.05) is 12.6 Å². The Morgan fingerprint density at radius 3 is 2.55 bits per heavy atom. The maximum Gasteiger partial charge on any atom is 0.329 e. The van der Waals surface area contributed by atoms with Crippen LogP contribution in [-0.2, 0) is 0 Å². The van der Waals surface area contributed by atoms with Crippen molar-refractivity contribution in [3.63, 3.8) is 0 Å². The molecule has 1 saturated carbocycles. The molecule has 0 N–H and O–H groups in total. The van der Waals surface area contributed by atoms with Crippen LogP contribution in [0.15, 0.2) is 16.6 Å². The van der Waals surface area contributed by atoms with Crippen molar-refractivity contribution < 1.29 is 9.31 Å². The fourth-order valence-electron chi connectivity index (χ4n) is 3.17. The molecule has 2 rings (SSSR count). The highest BCUT2D eigenvalue weighted by molar-refractivity contribution is 9.10. The van der Waals surface area contributed by atoms with Crippen LogP contribution in [0.4, 0.5) is 15.8 Å². The third-order valence-corrected chi connectivity index (χ3v) is 4.73. The van der Waals surface area contributed by atoms with E-state index in [1.165, 1.54) is 6.42 Å². The number of anilines is 1. The number of rotatable bonds is 5. The molecule has 1 fully saturated rings. The van der Waals surface area contributed by atoms with Crippen molar-refractivity contribution in [2.75, 3.05) is 11.4 Å². The maximum atomic E-state index is 14.3. The van der Waals surface area contributed by atoms with Gasteiger partial charge in [0.25, 0.3) is 0 Å². The summed E-state index contributed by atoms with van der Waals surface area (Å²) in [4.78, 5) is 12.8. The van der Waals surface area contributed by atoms with E-state index in [-0.39, 0.29) is 10.5 Å². The highest BCUT2D eigenvalue weighted by atomic mass is 79.9. The van der Waals surface area contributed by atoms with Crippen LogP contribution in [0, 0.1) is 21.8 Å². The largest absolute Gasteiger partial charge is 0.363 e. The van der Waals surface area contributed by atoms with Crippen molar-refractivity contribution in [1.29, 1.82) is 0 Å². The van der Waals surface area contributed by atoms with Crippen LogP contribution in [0.5, 0.6) is 0 Å². The zero-order valence-corrected chi connectivity index (χ0v) is 14.6. The van der Waals surface area contributed by atoms with Gasteiger partial charge in [0.2, 0.25) is 5.82 Å². The minimum absolute atomic E-state index is 0.135. The highest BCUT2D eigenvalue weighted by Gasteiger charge is 2.31. The Labute approximate surface area is 139 Å². The van der Waals surface area contributed by atoms with Crippen molar-refractivity contribution in [3.05, 3.63) is 32.5 Å². The molecular weight excluding hydrogens is 351 g/mol. The smallest absolute Gasteiger partial charge is 0.329 e. The first-order valence-electron chi connectivity index (χ1n) is 7.80. The summed E-state index contributed by atoms with van der Waals surface area (Å²) in [5.41, 5.74) is -0.00750. The molecule has 1 aliphatic carbocycles. The molecular formula is C16H22BrFN2O2. The lowest BCUT2D eigenvalue weighted by Gasteiger charge is -2.37. The molecule has 0 aromatic heterocycles. The number of hydrogen-bond donors (Lipinski definition) is 0. The van der Waals surface area contributed by atoms with E-state index in [2.05, 4.69) is 34.7 Å². The van der Waals surface area contributed by atoms with E-state index in [4.69, 9.17) is 0 Å². The van der Waals surface area contributed by atoms with Crippen LogP contribution in [0.3, 0.4) is 0 Å². The number of hydrogen-bond acceptors (Lipinski definition) is 3. The Balaban J connectivity index is 2.46. The average molecular weight is 373 g/mol. The van der Waals surface area contributed by atoms with E-state index >= 15 is 0 Å². The number of nitro groups is 1. The maximum absolute atomic E-state index is 14.3. The Hall–Kier alpha value is -1.17. The van der Waals surface area contributed by atoms with E-state index in [1.54, 1.807) is 12.1 Å². The summed E-state index contributed by atoms with van der Waals surface area (Å²) in [6, 6.07) is 3.49. The number of benzene rings is 1. The Bertz CT molecular complexity index is 545. The summed E-state index contributed by atoms with van der Waals surface area (Å²) in [6.07, 6.45) is 5.50. The second kappa shape index (κ2) is 7.40. The molecule has 4 nitrogen and oxygen atoms in total. The van der Waals surface area contributed by atoms with Gasteiger partial charge in [0.1, 0.15) is 5.69 Å². The zero-order valence-electron chi connectivity index (χ0n) is 13.0. The van der Waals surface area contributed by atoms with E-state index in [0.29, 0.717) is 18.2 Å². The molecule has 6 heteroatoms.